The summed E-state index contributed by atoms with van der Waals surface area (Å²) in [5.74, 6) is 0.692. The van der Waals surface area contributed by atoms with Crippen LogP contribution in [-0.4, -0.2) is 30.6 Å². The number of nitrogens with one attached hydrogen (secondary N) is 1. The molecule has 1 atom stereocenters. The molecule has 0 saturated carbocycles. The highest BCUT2D eigenvalue weighted by Gasteiger charge is 2.03. The average molecular weight is 186 g/mol. The van der Waals surface area contributed by atoms with Gasteiger partial charge in [0.15, 0.2) is 0 Å². The highest BCUT2D eigenvalue weighted by atomic mass is 16.5. The van der Waals surface area contributed by atoms with E-state index >= 15 is 0 Å². The van der Waals surface area contributed by atoms with E-state index in [4.69, 9.17) is 21.0 Å². The molecule has 4 nitrogen and oxygen atoms in total. The molecule has 0 fully saturated rings. The van der Waals surface area contributed by atoms with Crippen molar-refractivity contribution in [3.8, 4) is 0 Å². The van der Waals surface area contributed by atoms with E-state index in [1.54, 1.807) is 6.08 Å². The first-order valence-corrected chi connectivity index (χ1v) is 4.40. The van der Waals surface area contributed by atoms with Gasteiger partial charge in [-0.15, -0.1) is 0 Å². The molecular weight excluding hydrogens is 168 g/mol. The van der Waals surface area contributed by atoms with Gasteiger partial charge in [-0.05, 0) is 19.2 Å². The summed E-state index contributed by atoms with van der Waals surface area (Å²) in [6.07, 6.45) is 4.22. The number of ether oxygens (including phenoxy) is 1. The van der Waals surface area contributed by atoms with Gasteiger partial charge in [-0.2, -0.15) is 0 Å². The third-order valence-corrected chi connectivity index (χ3v) is 1.46. The van der Waals surface area contributed by atoms with Crippen molar-refractivity contribution in [2.75, 3.05) is 13.2 Å². The normalized spacial score (nSPS) is 13.9. The summed E-state index contributed by atoms with van der Waals surface area (Å²) in [6, 6.07) is -0.154. The van der Waals surface area contributed by atoms with Crippen LogP contribution in [0, 0.1) is 5.41 Å². The molecule has 0 rings (SSSR count). The van der Waals surface area contributed by atoms with E-state index in [1.807, 2.05) is 6.92 Å². The van der Waals surface area contributed by atoms with Gasteiger partial charge in [0.1, 0.15) is 5.76 Å². The summed E-state index contributed by atoms with van der Waals surface area (Å²) >= 11 is 0. The van der Waals surface area contributed by atoms with Crippen molar-refractivity contribution in [2.24, 2.45) is 5.73 Å². The first-order chi connectivity index (χ1) is 6.22. The van der Waals surface area contributed by atoms with Crippen LogP contribution >= 0.6 is 0 Å². The van der Waals surface area contributed by atoms with E-state index in [0.717, 1.165) is 0 Å². The Hall–Kier alpha value is -0.870. The van der Waals surface area contributed by atoms with E-state index in [2.05, 4.69) is 0 Å². The lowest BCUT2D eigenvalue weighted by Gasteiger charge is -2.12. The standard InChI is InChI=1S/C9H18N2O2/c1-8(11)9(4-2-5-10)13-7-3-6-12/h4-5,8,10,12H,2-3,6-7,11H2,1H3/b9-4+,10-5?. The molecule has 4 heteroatoms. The Balaban J connectivity index is 3.87. The van der Waals surface area contributed by atoms with Gasteiger partial charge in [-0.1, -0.05) is 0 Å². The number of aliphatic hydroxyl groups excluding tert-OH is 1. The minimum absolute atomic E-state index is 0.122. The molecule has 0 aromatic carbocycles. The molecule has 13 heavy (non-hydrogen) atoms. The van der Waals surface area contributed by atoms with E-state index in [0.29, 0.717) is 25.2 Å². The number of rotatable bonds is 7. The SMILES string of the molecule is CC(N)/C(=C\CC=N)OCCCO. The Kier molecular flexibility index (Phi) is 7.24. The number of nitrogens with two attached hydrogens (primary N) is 1. The maximum atomic E-state index is 8.53. The third-order valence-electron chi connectivity index (χ3n) is 1.46. The van der Waals surface area contributed by atoms with Gasteiger partial charge in [-0.25, -0.2) is 0 Å². The quantitative estimate of drug-likeness (QED) is 0.310. The second-order valence-corrected chi connectivity index (χ2v) is 2.76. The van der Waals surface area contributed by atoms with Gasteiger partial charge in [0.2, 0.25) is 0 Å². The Morgan fingerprint density at radius 1 is 1.69 bits per heavy atom. The molecule has 0 aliphatic rings. The molecule has 0 saturated heterocycles. The first-order valence-electron chi connectivity index (χ1n) is 4.40. The molecule has 4 N–H and O–H groups in total. The highest BCUT2D eigenvalue weighted by Crippen LogP contribution is 2.03. The second kappa shape index (κ2) is 7.76. The van der Waals surface area contributed by atoms with Crippen LogP contribution in [0.5, 0.6) is 0 Å². The van der Waals surface area contributed by atoms with E-state index in [9.17, 15) is 0 Å². The Labute approximate surface area is 78.9 Å². The van der Waals surface area contributed by atoms with Crippen LogP contribution in [0.2, 0.25) is 0 Å². The summed E-state index contributed by atoms with van der Waals surface area (Å²) < 4.78 is 5.32. The van der Waals surface area contributed by atoms with Gasteiger partial charge in [-0.3, -0.25) is 0 Å². The van der Waals surface area contributed by atoms with Crippen LogP contribution in [0.3, 0.4) is 0 Å². The van der Waals surface area contributed by atoms with Gasteiger partial charge in [0.25, 0.3) is 0 Å². The maximum absolute atomic E-state index is 8.53. The Morgan fingerprint density at radius 2 is 2.38 bits per heavy atom. The minimum Gasteiger partial charge on any atom is -0.497 e. The van der Waals surface area contributed by atoms with Crippen LogP contribution in [-0.2, 0) is 4.74 Å². The van der Waals surface area contributed by atoms with Gasteiger partial charge < -0.3 is 21.0 Å². The van der Waals surface area contributed by atoms with Gasteiger partial charge in [0.05, 0.1) is 12.6 Å². The largest absolute Gasteiger partial charge is 0.497 e. The zero-order valence-electron chi connectivity index (χ0n) is 7.99. The third kappa shape index (κ3) is 6.31. The summed E-state index contributed by atoms with van der Waals surface area (Å²) in [4.78, 5) is 0. The number of hydrogen-bond donors (Lipinski definition) is 3. The highest BCUT2D eigenvalue weighted by molar-refractivity contribution is 5.55. The molecule has 1 unspecified atom stereocenters. The molecule has 0 heterocycles. The number of hydrogen-bond acceptors (Lipinski definition) is 4. The first kappa shape index (κ1) is 12.1. The summed E-state index contributed by atoms with van der Waals surface area (Å²) in [5.41, 5.74) is 5.63. The van der Waals surface area contributed by atoms with Crippen LogP contribution in [0.25, 0.3) is 0 Å². The predicted molar refractivity (Wildman–Crippen MR) is 52.8 cm³/mol. The lowest BCUT2D eigenvalue weighted by atomic mass is 10.2. The predicted octanol–water partition coefficient (Wildman–Crippen LogP) is 0.656. The molecule has 0 amide bonds. The van der Waals surface area contributed by atoms with Crippen LogP contribution in [0.15, 0.2) is 11.8 Å². The van der Waals surface area contributed by atoms with Crippen molar-refractivity contribution in [1.29, 1.82) is 5.41 Å². The van der Waals surface area contributed by atoms with E-state index < -0.39 is 0 Å². The molecule has 0 bridgehead atoms. The number of aliphatic hydroxyl groups is 1. The zero-order valence-corrected chi connectivity index (χ0v) is 7.99. The van der Waals surface area contributed by atoms with Crippen LogP contribution < -0.4 is 5.73 Å². The molecule has 0 aliphatic heterocycles. The molecule has 0 aromatic heterocycles. The van der Waals surface area contributed by atoms with E-state index in [1.165, 1.54) is 6.21 Å². The minimum atomic E-state index is -0.154. The van der Waals surface area contributed by atoms with Crippen LogP contribution in [0.1, 0.15) is 19.8 Å². The molecule has 76 valence electrons. The van der Waals surface area contributed by atoms with Gasteiger partial charge >= 0.3 is 0 Å². The smallest absolute Gasteiger partial charge is 0.109 e. The van der Waals surface area contributed by atoms with Crippen molar-refractivity contribution in [3.63, 3.8) is 0 Å². The summed E-state index contributed by atoms with van der Waals surface area (Å²) in [7, 11) is 0. The topological polar surface area (TPSA) is 79.3 Å². The Bertz CT molecular complexity index is 167. The van der Waals surface area contributed by atoms with Crippen molar-refractivity contribution >= 4 is 6.21 Å². The monoisotopic (exact) mass is 186 g/mol. The van der Waals surface area contributed by atoms with Crippen molar-refractivity contribution in [2.45, 2.75) is 25.8 Å². The van der Waals surface area contributed by atoms with Crippen molar-refractivity contribution < 1.29 is 9.84 Å². The zero-order chi connectivity index (χ0) is 10.1. The summed E-state index contributed by atoms with van der Waals surface area (Å²) in [6.45, 7) is 2.42. The summed E-state index contributed by atoms with van der Waals surface area (Å²) in [5, 5.41) is 15.4. The second-order valence-electron chi connectivity index (χ2n) is 2.76. The fraction of sp³-hybridized carbons (Fsp3) is 0.667. The molecule has 0 radical (unpaired) electrons. The maximum Gasteiger partial charge on any atom is 0.109 e. The average Bonchev–Trinajstić information content (AvgIpc) is 2.10. The lowest BCUT2D eigenvalue weighted by Crippen LogP contribution is -2.20. The van der Waals surface area contributed by atoms with Crippen molar-refractivity contribution in [1.82, 2.24) is 0 Å². The molecular formula is C9H18N2O2. The fourth-order valence-electron chi connectivity index (χ4n) is 0.806. The van der Waals surface area contributed by atoms with Gasteiger partial charge in [0, 0.05) is 19.4 Å². The molecule has 0 aliphatic carbocycles. The Morgan fingerprint density at radius 3 is 2.85 bits per heavy atom. The molecule has 0 spiro atoms. The molecule has 0 aromatic rings. The van der Waals surface area contributed by atoms with Crippen LogP contribution in [0.4, 0.5) is 0 Å². The number of allylic oxidation sites excluding steroid dienone is 1. The fourth-order valence-corrected chi connectivity index (χ4v) is 0.806. The van der Waals surface area contributed by atoms with E-state index in [-0.39, 0.29) is 12.6 Å². The lowest BCUT2D eigenvalue weighted by molar-refractivity contribution is 0.165. The van der Waals surface area contributed by atoms with Crippen molar-refractivity contribution in [3.05, 3.63) is 11.8 Å².